The minimum Gasteiger partial charge on any atom is -0.454 e. The predicted octanol–water partition coefficient (Wildman–Crippen LogP) is 3.80. The molecule has 92 valence electrons. The third-order valence-electron chi connectivity index (χ3n) is 3.30. The van der Waals surface area contributed by atoms with Gasteiger partial charge in [0.05, 0.1) is 0 Å². The van der Waals surface area contributed by atoms with Crippen molar-refractivity contribution in [2.24, 2.45) is 0 Å². The minimum atomic E-state index is -0.287. The molecular formula is C15H20O2. The second-order valence-electron chi connectivity index (χ2n) is 4.79. The molecule has 0 saturated heterocycles. The van der Waals surface area contributed by atoms with E-state index in [4.69, 9.17) is 4.74 Å². The van der Waals surface area contributed by atoms with Crippen LogP contribution in [0.4, 0.5) is 0 Å². The van der Waals surface area contributed by atoms with Crippen molar-refractivity contribution in [2.45, 2.75) is 51.0 Å². The quantitative estimate of drug-likeness (QED) is 0.551. The Morgan fingerprint density at radius 1 is 1.24 bits per heavy atom. The molecule has 0 radical (unpaired) electrons. The van der Waals surface area contributed by atoms with Gasteiger partial charge in [0.25, 0.3) is 0 Å². The van der Waals surface area contributed by atoms with Gasteiger partial charge in [0.2, 0.25) is 0 Å². The second-order valence-corrected chi connectivity index (χ2v) is 4.79. The van der Waals surface area contributed by atoms with Crippen LogP contribution < -0.4 is 0 Å². The summed E-state index contributed by atoms with van der Waals surface area (Å²) in [6.45, 7) is 2.14. The summed E-state index contributed by atoms with van der Waals surface area (Å²) < 4.78 is 5.64. The van der Waals surface area contributed by atoms with Crippen LogP contribution in [0.3, 0.4) is 0 Å². The molecule has 1 aromatic rings. The van der Waals surface area contributed by atoms with Crippen LogP contribution in [0.15, 0.2) is 30.3 Å². The van der Waals surface area contributed by atoms with Crippen LogP contribution in [-0.4, -0.2) is 5.97 Å². The molecule has 0 amide bonds. The Labute approximate surface area is 103 Å². The van der Waals surface area contributed by atoms with E-state index >= 15 is 0 Å². The summed E-state index contributed by atoms with van der Waals surface area (Å²) in [6.07, 6.45) is 5.68. The third kappa shape index (κ3) is 3.09. The van der Waals surface area contributed by atoms with Gasteiger partial charge in [0.1, 0.15) is 5.60 Å². The number of unbranched alkanes of at least 4 members (excludes halogenated alkanes) is 2. The van der Waals surface area contributed by atoms with Crippen LogP contribution in [0, 0.1) is 0 Å². The zero-order chi connectivity index (χ0) is 12.1. The van der Waals surface area contributed by atoms with Gasteiger partial charge < -0.3 is 4.74 Å². The van der Waals surface area contributed by atoms with Gasteiger partial charge in [-0.15, -0.1) is 0 Å². The molecule has 0 spiro atoms. The first-order valence-corrected chi connectivity index (χ1v) is 6.54. The number of rotatable bonds is 6. The monoisotopic (exact) mass is 232 g/mol. The molecule has 1 aromatic carbocycles. The molecule has 0 unspecified atom stereocenters. The molecule has 0 N–H and O–H groups in total. The molecule has 0 bridgehead atoms. The standard InChI is InChI=1S/C15H20O2/c1-2-3-5-10-14(16)17-15(11-12-15)13-8-6-4-7-9-13/h4,6-9H,2-3,5,10-12H2,1H3. The third-order valence-corrected chi connectivity index (χ3v) is 3.30. The van der Waals surface area contributed by atoms with Gasteiger partial charge in [-0.05, 0) is 24.8 Å². The van der Waals surface area contributed by atoms with Crippen molar-refractivity contribution in [2.75, 3.05) is 0 Å². The molecule has 2 heteroatoms. The molecular weight excluding hydrogens is 212 g/mol. The molecule has 17 heavy (non-hydrogen) atoms. The van der Waals surface area contributed by atoms with Crippen LogP contribution in [0.2, 0.25) is 0 Å². The number of hydrogen-bond donors (Lipinski definition) is 0. The van der Waals surface area contributed by atoms with E-state index in [2.05, 4.69) is 6.92 Å². The zero-order valence-electron chi connectivity index (χ0n) is 10.4. The lowest BCUT2D eigenvalue weighted by Crippen LogP contribution is -2.17. The topological polar surface area (TPSA) is 26.3 Å². The highest BCUT2D eigenvalue weighted by Gasteiger charge is 2.48. The highest BCUT2D eigenvalue weighted by molar-refractivity contribution is 5.70. The van der Waals surface area contributed by atoms with Crippen LogP contribution in [0.25, 0.3) is 0 Å². The zero-order valence-corrected chi connectivity index (χ0v) is 10.4. The fourth-order valence-corrected chi connectivity index (χ4v) is 2.09. The Morgan fingerprint density at radius 2 is 1.94 bits per heavy atom. The van der Waals surface area contributed by atoms with E-state index in [0.717, 1.165) is 37.7 Å². The van der Waals surface area contributed by atoms with Gasteiger partial charge in [0.15, 0.2) is 0 Å². The Hall–Kier alpha value is -1.31. The molecule has 1 aliphatic rings. The normalized spacial score (nSPS) is 16.5. The Balaban J connectivity index is 1.88. The van der Waals surface area contributed by atoms with E-state index in [9.17, 15) is 4.79 Å². The fourth-order valence-electron chi connectivity index (χ4n) is 2.09. The summed E-state index contributed by atoms with van der Waals surface area (Å²) >= 11 is 0. The highest BCUT2D eigenvalue weighted by Crippen LogP contribution is 2.49. The maximum absolute atomic E-state index is 11.7. The number of carbonyl (C=O) groups excluding carboxylic acids is 1. The molecule has 0 aliphatic heterocycles. The van der Waals surface area contributed by atoms with Gasteiger partial charge in [-0.2, -0.15) is 0 Å². The summed E-state index contributed by atoms with van der Waals surface area (Å²) in [5.74, 6) is -0.0418. The SMILES string of the molecule is CCCCCC(=O)OC1(c2ccccc2)CC1. The molecule has 1 fully saturated rings. The van der Waals surface area contributed by atoms with E-state index in [1.807, 2.05) is 30.3 Å². The maximum Gasteiger partial charge on any atom is 0.306 e. The van der Waals surface area contributed by atoms with E-state index in [0.29, 0.717) is 6.42 Å². The van der Waals surface area contributed by atoms with Gasteiger partial charge in [-0.1, -0.05) is 50.1 Å². The lowest BCUT2D eigenvalue weighted by atomic mass is 10.1. The van der Waals surface area contributed by atoms with Crippen molar-refractivity contribution >= 4 is 5.97 Å². The van der Waals surface area contributed by atoms with Gasteiger partial charge in [0, 0.05) is 6.42 Å². The molecule has 1 saturated carbocycles. The maximum atomic E-state index is 11.7. The Bertz CT molecular complexity index is 366. The smallest absolute Gasteiger partial charge is 0.306 e. The largest absolute Gasteiger partial charge is 0.454 e. The number of esters is 1. The van der Waals surface area contributed by atoms with Crippen molar-refractivity contribution in [1.82, 2.24) is 0 Å². The van der Waals surface area contributed by atoms with E-state index in [1.165, 1.54) is 0 Å². The molecule has 0 atom stereocenters. The van der Waals surface area contributed by atoms with E-state index < -0.39 is 0 Å². The fraction of sp³-hybridized carbons (Fsp3) is 0.533. The summed E-state index contributed by atoms with van der Waals surface area (Å²) in [5, 5.41) is 0. The van der Waals surface area contributed by atoms with Gasteiger partial charge in [-0.3, -0.25) is 4.79 Å². The molecule has 2 nitrogen and oxygen atoms in total. The Kier molecular flexibility index (Phi) is 3.82. The average molecular weight is 232 g/mol. The van der Waals surface area contributed by atoms with Crippen molar-refractivity contribution in [3.8, 4) is 0 Å². The summed E-state index contributed by atoms with van der Waals surface area (Å²) in [7, 11) is 0. The minimum absolute atomic E-state index is 0.0418. The summed E-state index contributed by atoms with van der Waals surface area (Å²) in [4.78, 5) is 11.7. The number of ether oxygens (including phenoxy) is 1. The highest BCUT2D eigenvalue weighted by atomic mass is 16.6. The van der Waals surface area contributed by atoms with Gasteiger partial charge >= 0.3 is 5.97 Å². The summed E-state index contributed by atoms with van der Waals surface area (Å²) in [6, 6.07) is 10.1. The van der Waals surface area contributed by atoms with E-state index in [-0.39, 0.29) is 11.6 Å². The number of carbonyl (C=O) groups is 1. The molecule has 0 aromatic heterocycles. The Morgan fingerprint density at radius 3 is 2.53 bits per heavy atom. The first-order chi connectivity index (χ1) is 8.27. The first-order valence-electron chi connectivity index (χ1n) is 6.54. The van der Waals surface area contributed by atoms with E-state index in [1.54, 1.807) is 0 Å². The summed E-state index contributed by atoms with van der Waals surface area (Å²) in [5.41, 5.74) is 0.855. The van der Waals surface area contributed by atoms with Crippen LogP contribution in [0.1, 0.15) is 51.0 Å². The molecule has 1 aliphatic carbocycles. The van der Waals surface area contributed by atoms with Gasteiger partial charge in [-0.25, -0.2) is 0 Å². The molecule has 2 rings (SSSR count). The molecule has 0 heterocycles. The average Bonchev–Trinajstić information content (AvgIpc) is 3.12. The van der Waals surface area contributed by atoms with Crippen LogP contribution in [-0.2, 0) is 15.1 Å². The van der Waals surface area contributed by atoms with Crippen molar-refractivity contribution in [1.29, 1.82) is 0 Å². The van der Waals surface area contributed by atoms with Crippen molar-refractivity contribution in [3.63, 3.8) is 0 Å². The number of hydrogen-bond acceptors (Lipinski definition) is 2. The lowest BCUT2D eigenvalue weighted by molar-refractivity contribution is -0.152. The van der Waals surface area contributed by atoms with Crippen LogP contribution >= 0.6 is 0 Å². The predicted molar refractivity (Wildman–Crippen MR) is 67.6 cm³/mol. The first kappa shape index (κ1) is 12.2. The van der Waals surface area contributed by atoms with Crippen LogP contribution in [0.5, 0.6) is 0 Å². The van der Waals surface area contributed by atoms with Crippen molar-refractivity contribution in [3.05, 3.63) is 35.9 Å². The lowest BCUT2D eigenvalue weighted by Gasteiger charge is -2.17. The van der Waals surface area contributed by atoms with Crippen molar-refractivity contribution < 1.29 is 9.53 Å². The second kappa shape index (κ2) is 5.35. The number of benzene rings is 1.